The van der Waals surface area contributed by atoms with Crippen molar-refractivity contribution in [2.45, 2.75) is 50.7 Å². The highest BCUT2D eigenvalue weighted by Gasteiger charge is 2.42. The average Bonchev–Trinajstić information content (AvgIpc) is 2.84. The maximum atomic E-state index is 12.7. The molecule has 3 aliphatic rings. The molecule has 1 amide bonds. The van der Waals surface area contributed by atoms with Gasteiger partial charge in [-0.3, -0.25) is 5.73 Å². The molecule has 12 nitrogen and oxygen atoms in total. The number of rotatable bonds is 4. The highest BCUT2D eigenvalue weighted by atomic mass is 16.6. The molecule has 1 aromatic rings. The lowest BCUT2D eigenvalue weighted by Gasteiger charge is -2.46. The number of likely N-dealkylation sites (tertiary alicyclic amines) is 1. The third kappa shape index (κ3) is 6.07. The van der Waals surface area contributed by atoms with Crippen molar-refractivity contribution in [3.8, 4) is 0 Å². The average molecular weight is 489 g/mol. The van der Waals surface area contributed by atoms with Gasteiger partial charge >= 0.3 is 6.09 Å². The summed E-state index contributed by atoms with van der Waals surface area (Å²) in [5, 5.41) is 17.2. The number of amides is 1. The Balaban J connectivity index is 1.61. The molecule has 192 valence electrons. The predicted molar refractivity (Wildman–Crippen MR) is 130 cm³/mol. The van der Waals surface area contributed by atoms with Crippen molar-refractivity contribution in [2.24, 2.45) is 10.7 Å². The topological polar surface area (TPSA) is 150 Å². The second-order valence-corrected chi connectivity index (χ2v) is 10.2. The number of amidine groups is 1. The zero-order valence-electron chi connectivity index (χ0n) is 20.7. The van der Waals surface area contributed by atoms with Gasteiger partial charge in [-0.05, 0) is 33.6 Å². The van der Waals surface area contributed by atoms with E-state index < -0.39 is 23.1 Å². The molecule has 0 bridgehead atoms. The van der Waals surface area contributed by atoms with E-state index in [1.165, 1.54) is 6.33 Å². The minimum atomic E-state index is -1.23. The maximum absolute atomic E-state index is 12.7. The second kappa shape index (κ2) is 10.1. The number of ether oxygens (including phenoxy) is 2. The summed E-state index contributed by atoms with van der Waals surface area (Å²) in [5.41, 5.74) is 6.84. The number of morpholine rings is 1. The lowest BCUT2D eigenvalue weighted by Crippen LogP contribution is -2.69. The smallest absolute Gasteiger partial charge is 0.410 e. The Kier molecular flexibility index (Phi) is 7.27. The predicted octanol–water partition coefficient (Wildman–Crippen LogP) is 0.0730. The molecular weight excluding hydrogens is 452 g/mol. The number of aromatic nitrogens is 2. The van der Waals surface area contributed by atoms with Gasteiger partial charge in [-0.15, -0.1) is 0 Å². The number of nitrogens with one attached hydrogen (secondary N) is 2. The van der Waals surface area contributed by atoms with Gasteiger partial charge in [0.25, 0.3) is 0 Å². The van der Waals surface area contributed by atoms with Gasteiger partial charge in [0.05, 0.1) is 31.1 Å². The van der Waals surface area contributed by atoms with Crippen LogP contribution in [-0.2, 0) is 9.47 Å². The Labute approximate surface area is 205 Å². The Hall–Kier alpha value is -2.80. The van der Waals surface area contributed by atoms with E-state index in [1.807, 2.05) is 31.7 Å². The van der Waals surface area contributed by atoms with Crippen LogP contribution in [0.15, 0.2) is 29.8 Å². The van der Waals surface area contributed by atoms with E-state index in [0.717, 1.165) is 5.56 Å². The number of hydrogen-bond donors (Lipinski definition) is 4. The molecule has 2 saturated heterocycles. The normalized spacial score (nSPS) is 28.0. The van der Waals surface area contributed by atoms with Crippen LogP contribution >= 0.6 is 0 Å². The van der Waals surface area contributed by atoms with Crippen molar-refractivity contribution in [1.82, 2.24) is 30.4 Å². The van der Waals surface area contributed by atoms with Gasteiger partial charge in [0, 0.05) is 50.2 Å². The van der Waals surface area contributed by atoms with Gasteiger partial charge in [-0.1, -0.05) is 0 Å². The number of carbonyl (C=O) groups is 1. The fourth-order valence-corrected chi connectivity index (χ4v) is 4.48. The van der Waals surface area contributed by atoms with Crippen molar-refractivity contribution in [3.63, 3.8) is 0 Å². The first-order valence-corrected chi connectivity index (χ1v) is 12.0. The fourth-order valence-electron chi connectivity index (χ4n) is 4.48. The minimum absolute atomic E-state index is 0.189. The van der Waals surface area contributed by atoms with Crippen LogP contribution in [0, 0.1) is 0 Å². The molecule has 0 aliphatic carbocycles. The van der Waals surface area contributed by atoms with Crippen LogP contribution in [-0.4, -0.2) is 99.9 Å². The van der Waals surface area contributed by atoms with Crippen LogP contribution in [0.4, 0.5) is 4.79 Å². The van der Waals surface area contributed by atoms with Crippen LogP contribution in [0.2, 0.25) is 0 Å². The van der Waals surface area contributed by atoms with Crippen LogP contribution in [0.1, 0.15) is 39.2 Å². The van der Waals surface area contributed by atoms with Gasteiger partial charge in [0.2, 0.25) is 5.91 Å². The lowest BCUT2D eigenvalue weighted by molar-refractivity contribution is -0.0256. The lowest BCUT2D eigenvalue weighted by atomic mass is 9.89. The largest absolute Gasteiger partial charge is 0.444 e. The Morgan fingerprint density at radius 1 is 1.29 bits per heavy atom. The summed E-state index contributed by atoms with van der Waals surface area (Å²) in [6.07, 6.45) is 7.64. The Morgan fingerprint density at radius 3 is 2.66 bits per heavy atom. The molecule has 0 radical (unpaired) electrons. The van der Waals surface area contributed by atoms with Crippen LogP contribution in [0.3, 0.4) is 0 Å². The molecule has 4 rings (SSSR count). The maximum Gasteiger partial charge on any atom is 0.410 e. The molecule has 35 heavy (non-hydrogen) atoms. The number of aliphatic hydroxyl groups excluding tert-OH is 1. The summed E-state index contributed by atoms with van der Waals surface area (Å²) in [7, 11) is 0. The molecule has 12 heteroatoms. The summed E-state index contributed by atoms with van der Waals surface area (Å²) >= 11 is 0. The van der Waals surface area contributed by atoms with Gasteiger partial charge in [0.1, 0.15) is 17.8 Å². The number of carbonyl (C=O) groups excluding carboxylic acids is 1. The zero-order valence-corrected chi connectivity index (χ0v) is 20.7. The van der Waals surface area contributed by atoms with Gasteiger partial charge < -0.3 is 30.1 Å². The standard InChI is InChI=1S/C23H36N8O4/c1-21(2,3)35-20(33)30-6-4-5-22(14-30,15-32)28-19-11-18(17-12-25-16-26-13-17)27-23(24,29-19)31-7-9-34-10-8-31/h11-13,16,27,32H,4-10,14-15,24H2,1-3H3,(H,28,29). The molecule has 5 N–H and O–H groups in total. The summed E-state index contributed by atoms with van der Waals surface area (Å²) in [6.45, 7) is 8.47. The van der Waals surface area contributed by atoms with Crippen molar-refractivity contribution >= 4 is 17.6 Å². The van der Waals surface area contributed by atoms with Gasteiger partial charge in [-0.25, -0.2) is 24.7 Å². The first kappa shape index (κ1) is 25.3. The van der Waals surface area contributed by atoms with Crippen molar-refractivity contribution in [3.05, 3.63) is 30.4 Å². The Morgan fingerprint density at radius 2 is 2.00 bits per heavy atom. The number of hydrogen-bond acceptors (Lipinski definition) is 11. The highest BCUT2D eigenvalue weighted by Crippen LogP contribution is 2.26. The molecule has 2 atom stereocenters. The molecule has 0 saturated carbocycles. The molecular formula is C23H36N8O4. The SMILES string of the molecule is CC(C)(C)OC(=O)N1CCCC(CO)(NC2=NC(N)(N3CCOCC3)NC(c3cncnc3)=C2)C1. The second-order valence-electron chi connectivity index (χ2n) is 10.2. The number of nitrogens with two attached hydrogens (primary N) is 1. The van der Waals surface area contributed by atoms with E-state index >= 15 is 0 Å². The number of aliphatic hydroxyl groups is 1. The van der Waals surface area contributed by atoms with E-state index in [4.69, 9.17) is 20.2 Å². The Bertz CT molecular complexity index is 960. The van der Waals surface area contributed by atoms with E-state index in [0.29, 0.717) is 57.2 Å². The van der Waals surface area contributed by atoms with Gasteiger partial charge in [0.15, 0.2) is 0 Å². The van der Waals surface area contributed by atoms with Crippen LogP contribution in [0.25, 0.3) is 5.70 Å². The summed E-state index contributed by atoms with van der Waals surface area (Å²) in [4.78, 5) is 29.4. The van der Waals surface area contributed by atoms with Crippen LogP contribution in [0.5, 0.6) is 0 Å². The third-order valence-electron chi connectivity index (χ3n) is 6.18. The molecule has 2 unspecified atom stereocenters. The van der Waals surface area contributed by atoms with Crippen molar-refractivity contribution in [1.29, 1.82) is 0 Å². The monoisotopic (exact) mass is 488 g/mol. The van der Waals surface area contributed by atoms with Crippen LogP contribution < -0.4 is 16.4 Å². The highest BCUT2D eigenvalue weighted by molar-refractivity contribution is 6.01. The van der Waals surface area contributed by atoms with Crippen molar-refractivity contribution in [2.75, 3.05) is 46.0 Å². The first-order valence-electron chi connectivity index (χ1n) is 12.0. The van der Waals surface area contributed by atoms with Gasteiger partial charge in [-0.2, -0.15) is 0 Å². The van der Waals surface area contributed by atoms with E-state index in [1.54, 1.807) is 17.3 Å². The summed E-state index contributed by atoms with van der Waals surface area (Å²) in [5.74, 6) is -0.737. The number of piperidine rings is 1. The molecule has 3 aliphatic heterocycles. The van der Waals surface area contributed by atoms with E-state index in [-0.39, 0.29) is 13.2 Å². The van der Waals surface area contributed by atoms with E-state index in [2.05, 4.69) is 20.6 Å². The van der Waals surface area contributed by atoms with Crippen molar-refractivity contribution < 1.29 is 19.4 Å². The minimum Gasteiger partial charge on any atom is -0.444 e. The first-order chi connectivity index (χ1) is 16.6. The fraction of sp³-hybridized carbons (Fsp3) is 0.652. The van der Waals surface area contributed by atoms with E-state index in [9.17, 15) is 9.90 Å². The molecule has 4 heterocycles. The third-order valence-corrected chi connectivity index (χ3v) is 6.18. The number of aliphatic imine (C=N–C) groups is 1. The number of nitrogens with zero attached hydrogens (tertiary/aromatic N) is 5. The summed E-state index contributed by atoms with van der Waals surface area (Å²) in [6, 6.07) is 0. The molecule has 0 spiro atoms. The molecule has 2 fully saturated rings. The summed E-state index contributed by atoms with van der Waals surface area (Å²) < 4.78 is 11.1. The molecule has 1 aromatic heterocycles. The zero-order chi connectivity index (χ0) is 25.1. The molecule has 0 aromatic carbocycles. The quantitative estimate of drug-likeness (QED) is 0.458.